The van der Waals surface area contributed by atoms with Gasteiger partial charge < -0.3 is 4.74 Å². The number of epoxide rings is 1. The normalized spacial score (nSPS) is 18.2. The van der Waals surface area contributed by atoms with Crippen molar-refractivity contribution in [3.63, 3.8) is 0 Å². The van der Waals surface area contributed by atoms with Crippen LogP contribution in [0, 0.1) is 35.2 Å². The summed E-state index contributed by atoms with van der Waals surface area (Å²) in [5, 5.41) is 0. The Morgan fingerprint density at radius 2 is 1.41 bits per heavy atom. The highest BCUT2D eigenvalue weighted by molar-refractivity contribution is 5.71. The Balaban J connectivity index is 1.36. The van der Waals surface area contributed by atoms with E-state index < -0.39 is 11.6 Å². The van der Waals surface area contributed by atoms with Gasteiger partial charge in [0.15, 0.2) is 11.6 Å². The minimum atomic E-state index is -0.891. The van der Waals surface area contributed by atoms with Crippen LogP contribution < -0.4 is 0 Å². The lowest BCUT2D eigenvalue weighted by molar-refractivity contribution is 0.401. The quantitative estimate of drug-likeness (QED) is 0.309. The Bertz CT molecular complexity index is 1190. The molecule has 1 aliphatic carbocycles. The van der Waals surface area contributed by atoms with Gasteiger partial charge in [0.25, 0.3) is 0 Å². The van der Waals surface area contributed by atoms with Gasteiger partial charge in [0.1, 0.15) is 11.9 Å². The van der Waals surface area contributed by atoms with Crippen LogP contribution in [-0.4, -0.2) is 6.61 Å². The molecular formula is C28H23F3O. The Hall–Kier alpha value is -3.03. The summed E-state index contributed by atoms with van der Waals surface area (Å²) in [5.74, 6) is 4.70. The minimum Gasteiger partial charge on any atom is -0.368 e. The van der Waals surface area contributed by atoms with Crippen LogP contribution in [0.4, 0.5) is 13.2 Å². The third kappa shape index (κ3) is 4.31. The first kappa shape index (κ1) is 20.8. The van der Waals surface area contributed by atoms with Crippen molar-refractivity contribution in [2.75, 3.05) is 6.61 Å². The van der Waals surface area contributed by atoms with Gasteiger partial charge in [-0.15, -0.1) is 0 Å². The second-order valence-corrected chi connectivity index (χ2v) is 8.53. The second kappa shape index (κ2) is 8.84. The van der Waals surface area contributed by atoms with Gasteiger partial charge in [-0.25, -0.2) is 13.2 Å². The lowest BCUT2D eigenvalue weighted by Crippen LogP contribution is -2.03. The van der Waals surface area contributed by atoms with Crippen LogP contribution in [0.25, 0.3) is 22.3 Å². The van der Waals surface area contributed by atoms with Crippen molar-refractivity contribution >= 4 is 0 Å². The third-order valence-electron chi connectivity index (χ3n) is 6.29. The molecule has 1 saturated heterocycles. The summed E-state index contributed by atoms with van der Waals surface area (Å²) in [7, 11) is 0. The Labute approximate surface area is 186 Å². The van der Waals surface area contributed by atoms with E-state index in [2.05, 4.69) is 11.8 Å². The van der Waals surface area contributed by atoms with E-state index >= 15 is 0 Å². The van der Waals surface area contributed by atoms with Crippen LogP contribution in [0.1, 0.15) is 49.3 Å². The highest BCUT2D eigenvalue weighted by atomic mass is 19.2. The molecule has 1 nitrogen and oxygen atoms in total. The molecule has 1 atom stereocenters. The van der Waals surface area contributed by atoms with Gasteiger partial charge in [0, 0.05) is 28.2 Å². The number of rotatable bonds is 3. The zero-order valence-corrected chi connectivity index (χ0v) is 17.6. The molecule has 162 valence electrons. The van der Waals surface area contributed by atoms with Crippen molar-refractivity contribution < 1.29 is 17.9 Å². The summed E-state index contributed by atoms with van der Waals surface area (Å²) in [4.78, 5) is 0. The van der Waals surface area contributed by atoms with E-state index in [9.17, 15) is 13.2 Å². The number of benzene rings is 3. The summed E-state index contributed by atoms with van der Waals surface area (Å²) < 4.78 is 48.7. The molecule has 1 saturated carbocycles. The van der Waals surface area contributed by atoms with Gasteiger partial charge in [-0.05, 0) is 36.1 Å². The summed E-state index contributed by atoms with van der Waals surface area (Å²) in [6, 6.07) is 14.9. The molecule has 4 heteroatoms. The number of hydrogen-bond acceptors (Lipinski definition) is 1. The molecule has 2 fully saturated rings. The Kier molecular flexibility index (Phi) is 5.76. The van der Waals surface area contributed by atoms with Crippen molar-refractivity contribution in [3.8, 4) is 34.1 Å². The highest BCUT2D eigenvalue weighted by Gasteiger charge is 2.30. The van der Waals surface area contributed by atoms with E-state index in [4.69, 9.17) is 4.74 Å². The second-order valence-electron chi connectivity index (χ2n) is 8.53. The molecule has 1 heterocycles. The zero-order chi connectivity index (χ0) is 22.1. The number of hydrogen-bond donors (Lipinski definition) is 0. The molecule has 3 aromatic carbocycles. The van der Waals surface area contributed by atoms with E-state index in [1.54, 1.807) is 42.5 Å². The molecule has 0 radical (unpaired) electrons. The Morgan fingerprint density at radius 3 is 2.06 bits per heavy atom. The maximum atomic E-state index is 14.8. The monoisotopic (exact) mass is 432 g/mol. The van der Waals surface area contributed by atoms with Crippen molar-refractivity contribution in [1.29, 1.82) is 0 Å². The maximum absolute atomic E-state index is 14.8. The number of ether oxygens (including phenoxy) is 1. The van der Waals surface area contributed by atoms with Gasteiger partial charge in [-0.2, -0.15) is 0 Å². The molecule has 0 bridgehead atoms. The summed E-state index contributed by atoms with van der Waals surface area (Å²) in [5.41, 5.74) is 2.74. The van der Waals surface area contributed by atoms with Gasteiger partial charge in [0.2, 0.25) is 0 Å². The minimum absolute atomic E-state index is 0.173. The van der Waals surface area contributed by atoms with Crippen LogP contribution in [0.3, 0.4) is 0 Å². The predicted octanol–water partition coefficient (Wildman–Crippen LogP) is 7.44. The molecule has 0 N–H and O–H groups in total. The Morgan fingerprint density at radius 1 is 0.750 bits per heavy atom. The van der Waals surface area contributed by atoms with Crippen LogP contribution in [0.2, 0.25) is 0 Å². The van der Waals surface area contributed by atoms with E-state index in [0.29, 0.717) is 34.8 Å². The maximum Gasteiger partial charge on any atom is 0.167 e. The van der Waals surface area contributed by atoms with Gasteiger partial charge in [0.05, 0.1) is 6.61 Å². The summed E-state index contributed by atoms with van der Waals surface area (Å²) >= 11 is 0. The first-order valence-electron chi connectivity index (χ1n) is 11.1. The van der Waals surface area contributed by atoms with Crippen molar-refractivity contribution in [2.45, 2.75) is 38.2 Å². The molecule has 1 unspecified atom stereocenters. The standard InChI is InChI=1S/C28H23F3O/c29-25-16-19(7-6-18-4-2-1-3-5-18)8-13-22(25)20-9-11-21(12-10-20)23-14-15-24(26-17-32-26)28(31)27(23)30/h8-16,18,26H,1-5,17H2. The SMILES string of the molecule is Fc1cc(C#CC2CCCCC2)ccc1-c1ccc(-c2ccc(C3CO3)c(F)c2F)cc1. The van der Waals surface area contributed by atoms with E-state index in [0.717, 1.165) is 12.8 Å². The van der Waals surface area contributed by atoms with Crippen LogP contribution in [0.5, 0.6) is 0 Å². The largest absolute Gasteiger partial charge is 0.368 e. The fourth-order valence-electron chi connectivity index (χ4n) is 4.35. The van der Waals surface area contributed by atoms with Gasteiger partial charge in [-0.1, -0.05) is 73.6 Å². The van der Waals surface area contributed by atoms with E-state index in [1.807, 2.05) is 6.07 Å². The lowest BCUT2D eigenvalue weighted by Gasteiger charge is -2.15. The average molecular weight is 432 g/mol. The topological polar surface area (TPSA) is 12.5 Å². The van der Waals surface area contributed by atoms with Crippen molar-refractivity contribution in [2.24, 2.45) is 5.92 Å². The van der Waals surface area contributed by atoms with Gasteiger partial charge in [-0.3, -0.25) is 0 Å². The average Bonchev–Trinajstić information content (AvgIpc) is 3.66. The lowest BCUT2D eigenvalue weighted by atomic mass is 9.89. The van der Waals surface area contributed by atoms with E-state index in [-0.39, 0.29) is 23.0 Å². The molecule has 0 aromatic heterocycles. The van der Waals surface area contributed by atoms with Crippen LogP contribution in [-0.2, 0) is 4.74 Å². The fraction of sp³-hybridized carbons (Fsp3) is 0.286. The molecule has 1 aliphatic heterocycles. The molecular weight excluding hydrogens is 409 g/mol. The summed E-state index contributed by atoms with van der Waals surface area (Å²) in [6.07, 6.45) is 5.63. The van der Waals surface area contributed by atoms with Crippen LogP contribution >= 0.6 is 0 Å². The fourth-order valence-corrected chi connectivity index (χ4v) is 4.35. The molecule has 0 amide bonds. The highest BCUT2D eigenvalue weighted by Crippen LogP contribution is 2.36. The first-order chi connectivity index (χ1) is 15.6. The zero-order valence-electron chi connectivity index (χ0n) is 17.6. The molecule has 2 aliphatic rings. The number of halogens is 3. The van der Waals surface area contributed by atoms with Crippen molar-refractivity contribution in [3.05, 3.63) is 83.2 Å². The molecule has 3 aromatic rings. The summed E-state index contributed by atoms with van der Waals surface area (Å²) in [6.45, 7) is 0.418. The van der Waals surface area contributed by atoms with Crippen molar-refractivity contribution in [1.82, 2.24) is 0 Å². The molecule has 5 rings (SSSR count). The smallest absolute Gasteiger partial charge is 0.167 e. The first-order valence-corrected chi connectivity index (χ1v) is 11.1. The van der Waals surface area contributed by atoms with E-state index in [1.165, 1.54) is 25.3 Å². The molecule has 0 spiro atoms. The third-order valence-corrected chi connectivity index (χ3v) is 6.29. The molecule has 32 heavy (non-hydrogen) atoms. The van der Waals surface area contributed by atoms with Gasteiger partial charge >= 0.3 is 0 Å². The van der Waals surface area contributed by atoms with Crippen LogP contribution in [0.15, 0.2) is 54.6 Å². The predicted molar refractivity (Wildman–Crippen MR) is 119 cm³/mol.